The van der Waals surface area contributed by atoms with Crippen molar-refractivity contribution >= 4 is 5.91 Å². The number of amides is 1. The Labute approximate surface area is 86.0 Å². The predicted octanol–water partition coefficient (Wildman–Crippen LogP) is -0.114. The normalized spacial score (nSPS) is 22.4. The fraction of sp³-hybridized carbons (Fsp3) is 0.900. The Hall–Kier alpha value is -0.610. The number of hydrogen-bond acceptors (Lipinski definition) is 3. The quantitative estimate of drug-likeness (QED) is 0.690. The van der Waals surface area contributed by atoms with Crippen LogP contribution in [0.1, 0.15) is 20.3 Å². The Morgan fingerprint density at radius 3 is 2.71 bits per heavy atom. The summed E-state index contributed by atoms with van der Waals surface area (Å²) >= 11 is 0. The van der Waals surface area contributed by atoms with Crippen molar-refractivity contribution in [3.8, 4) is 0 Å². The maximum Gasteiger partial charge on any atom is 0.236 e. The van der Waals surface area contributed by atoms with Gasteiger partial charge in [-0.15, -0.1) is 0 Å². The summed E-state index contributed by atoms with van der Waals surface area (Å²) in [6.45, 7) is 6.23. The second kappa shape index (κ2) is 4.75. The fourth-order valence-electron chi connectivity index (χ4n) is 1.51. The molecule has 1 rings (SSSR count). The number of nitrogens with two attached hydrogens (primary N) is 1. The number of likely N-dealkylation sites (tertiary alicyclic amines) is 1. The van der Waals surface area contributed by atoms with Crippen LogP contribution in [0.5, 0.6) is 0 Å². The van der Waals surface area contributed by atoms with Crippen molar-refractivity contribution in [1.82, 2.24) is 9.80 Å². The Morgan fingerprint density at radius 1 is 1.64 bits per heavy atom. The first-order chi connectivity index (χ1) is 6.50. The van der Waals surface area contributed by atoms with E-state index in [1.807, 2.05) is 16.8 Å². The molecule has 1 saturated heterocycles. The zero-order chi connectivity index (χ0) is 10.7. The summed E-state index contributed by atoms with van der Waals surface area (Å²) in [5.41, 5.74) is 5.75. The smallest absolute Gasteiger partial charge is 0.236 e. The van der Waals surface area contributed by atoms with E-state index in [0.29, 0.717) is 12.6 Å². The molecule has 1 aliphatic rings. The van der Waals surface area contributed by atoms with E-state index in [9.17, 15) is 4.79 Å². The molecule has 0 aliphatic carbocycles. The molecule has 0 aromatic heterocycles. The minimum atomic E-state index is 0.184. The molecule has 0 aromatic carbocycles. The molecule has 4 heteroatoms. The highest BCUT2D eigenvalue weighted by Crippen LogP contribution is 2.07. The SMILES string of the molecule is CC(C)N(C)CC(=O)N1CCC(N)C1. The maximum absolute atomic E-state index is 11.7. The van der Waals surface area contributed by atoms with Gasteiger partial charge in [0.15, 0.2) is 0 Å². The van der Waals surface area contributed by atoms with Crippen LogP contribution in [0.4, 0.5) is 0 Å². The highest BCUT2D eigenvalue weighted by atomic mass is 16.2. The van der Waals surface area contributed by atoms with Gasteiger partial charge >= 0.3 is 0 Å². The van der Waals surface area contributed by atoms with Gasteiger partial charge in [0.05, 0.1) is 6.54 Å². The first kappa shape index (κ1) is 11.5. The molecule has 1 aliphatic heterocycles. The second-order valence-corrected chi connectivity index (χ2v) is 4.40. The van der Waals surface area contributed by atoms with Crippen molar-refractivity contribution < 1.29 is 4.79 Å². The van der Waals surface area contributed by atoms with E-state index >= 15 is 0 Å². The van der Waals surface area contributed by atoms with Crippen LogP contribution in [0.15, 0.2) is 0 Å². The molecule has 1 heterocycles. The third-order valence-electron chi connectivity index (χ3n) is 2.84. The first-order valence-electron chi connectivity index (χ1n) is 5.24. The van der Waals surface area contributed by atoms with Gasteiger partial charge in [0.2, 0.25) is 5.91 Å². The monoisotopic (exact) mass is 199 g/mol. The molecule has 14 heavy (non-hydrogen) atoms. The summed E-state index contributed by atoms with van der Waals surface area (Å²) in [4.78, 5) is 15.6. The van der Waals surface area contributed by atoms with E-state index < -0.39 is 0 Å². The predicted molar refractivity (Wildman–Crippen MR) is 56.9 cm³/mol. The van der Waals surface area contributed by atoms with E-state index in [0.717, 1.165) is 19.5 Å². The number of nitrogens with zero attached hydrogens (tertiary/aromatic N) is 2. The van der Waals surface area contributed by atoms with Gasteiger partial charge < -0.3 is 10.6 Å². The lowest BCUT2D eigenvalue weighted by Gasteiger charge is -2.23. The van der Waals surface area contributed by atoms with Crippen molar-refractivity contribution in [3.63, 3.8) is 0 Å². The van der Waals surface area contributed by atoms with Gasteiger partial charge in [-0.3, -0.25) is 9.69 Å². The van der Waals surface area contributed by atoms with E-state index in [2.05, 4.69) is 13.8 Å². The number of carbonyl (C=O) groups is 1. The van der Waals surface area contributed by atoms with E-state index in [1.165, 1.54) is 0 Å². The van der Waals surface area contributed by atoms with Crippen LogP contribution in [-0.2, 0) is 4.79 Å². The lowest BCUT2D eigenvalue weighted by atomic mass is 10.3. The zero-order valence-electron chi connectivity index (χ0n) is 9.36. The summed E-state index contributed by atoms with van der Waals surface area (Å²) in [6.07, 6.45) is 0.942. The number of rotatable bonds is 3. The van der Waals surface area contributed by atoms with E-state index in [-0.39, 0.29) is 11.9 Å². The van der Waals surface area contributed by atoms with Crippen LogP contribution in [-0.4, -0.2) is 54.5 Å². The molecule has 82 valence electrons. The van der Waals surface area contributed by atoms with Crippen LogP contribution in [0.3, 0.4) is 0 Å². The molecule has 1 amide bonds. The average molecular weight is 199 g/mol. The molecule has 0 spiro atoms. The Kier molecular flexibility index (Phi) is 3.89. The van der Waals surface area contributed by atoms with Crippen molar-refractivity contribution in [2.75, 3.05) is 26.7 Å². The number of hydrogen-bond donors (Lipinski definition) is 1. The molecule has 0 saturated carbocycles. The van der Waals surface area contributed by atoms with Crippen molar-refractivity contribution in [2.45, 2.75) is 32.4 Å². The molecule has 0 bridgehead atoms. The van der Waals surface area contributed by atoms with Crippen molar-refractivity contribution in [2.24, 2.45) is 5.73 Å². The average Bonchev–Trinajstić information content (AvgIpc) is 2.51. The minimum Gasteiger partial charge on any atom is -0.340 e. The van der Waals surface area contributed by atoms with E-state index in [1.54, 1.807) is 0 Å². The molecule has 1 unspecified atom stereocenters. The van der Waals surface area contributed by atoms with E-state index in [4.69, 9.17) is 5.73 Å². The van der Waals surface area contributed by atoms with Gasteiger partial charge in [-0.05, 0) is 27.3 Å². The summed E-state index contributed by atoms with van der Waals surface area (Å²) < 4.78 is 0. The first-order valence-corrected chi connectivity index (χ1v) is 5.24. The van der Waals surface area contributed by atoms with Crippen LogP contribution < -0.4 is 5.73 Å². The third kappa shape index (κ3) is 2.96. The number of carbonyl (C=O) groups excluding carboxylic acids is 1. The van der Waals surface area contributed by atoms with Gasteiger partial charge in [-0.2, -0.15) is 0 Å². The Morgan fingerprint density at radius 2 is 2.29 bits per heavy atom. The molecule has 0 aromatic rings. The number of likely N-dealkylation sites (N-methyl/N-ethyl adjacent to an activating group) is 1. The van der Waals surface area contributed by atoms with Gasteiger partial charge in [0, 0.05) is 25.2 Å². The lowest BCUT2D eigenvalue weighted by molar-refractivity contribution is -0.131. The molecule has 1 fully saturated rings. The third-order valence-corrected chi connectivity index (χ3v) is 2.84. The summed E-state index contributed by atoms with van der Waals surface area (Å²) in [5, 5.41) is 0. The van der Waals surface area contributed by atoms with Crippen LogP contribution in [0.25, 0.3) is 0 Å². The highest BCUT2D eigenvalue weighted by Gasteiger charge is 2.24. The van der Waals surface area contributed by atoms with Gasteiger partial charge in [0.25, 0.3) is 0 Å². The molecule has 1 atom stereocenters. The highest BCUT2D eigenvalue weighted by molar-refractivity contribution is 5.78. The maximum atomic E-state index is 11.7. The van der Waals surface area contributed by atoms with Crippen molar-refractivity contribution in [3.05, 3.63) is 0 Å². The zero-order valence-corrected chi connectivity index (χ0v) is 9.36. The molecular formula is C10H21N3O. The molecule has 2 N–H and O–H groups in total. The second-order valence-electron chi connectivity index (χ2n) is 4.40. The van der Waals surface area contributed by atoms with Gasteiger partial charge in [-0.25, -0.2) is 0 Å². The Bertz CT molecular complexity index is 206. The minimum absolute atomic E-state index is 0.184. The van der Waals surface area contributed by atoms with Crippen LogP contribution in [0.2, 0.25) is 0 Å². The molecule has 4 nitrogen and oxygen atoms in total. The standard InChI is InChI=1S/C10H21N3O/c1-8(2)12(3)7-10(14)13-5-4-9(11)6-13/h8-9H,4-7,11H2,1-3H3. The molecule has 0 radical (unpaired) electrons. The summed E-state index contributed by atoms with van der Waals surface area (Å²) in [5.74, 6) is 0.203. The Balaban J connectivity index is 2.35. The molecular weight excluding hydrogens is 178 g/mol. The van der Waals surface area contributed by atoms with Gasteiger partial charge in [0.1, 0.15) is 0 Å². The topological polar surface area (TPSA) is 49.6 Å². The van der Waals surface area contributed by atoms with Crippen LogP contribution >= 0.6 is 0 Å². The van der Waals surface area contributed by atoms with Crippen molar-refractivity contribution in [1.29, 1.82) is 0 Å². The summed E-state index contributed by atoms with van der Waals surface area (Å²) in [6, 6.07) is 0.596. The summed E-state index contributed by atoms with van der Waals surface area (Å²) in [7, 11) is 1.97. The van der Waals surface area contributed by atoms with Crippen LogP contribution in [0, 0.1) is 0 Å². The fourth-order valence-corrected chi connectivity index (χ4v) is 1.51. The van der Waals surface area contributed by atoms with Gasteiger partial charge in [-0.1, -0.05) is 0 Å². The lowest BCUT2D eigenvalue weighted by Crippen LogP contribution is -2.41. The largest absolute Gasteiger partial charge is 0.340 e.